The summed E-state index contributed by atoms with van der Waals surface area (Å²) in [5.41, 5.74) is 0.199. The van der Waals surface area contributed by atoms with E-state index in [9.17, 15) is 21.6 Å². The van der Waals surface area contributed by atoms with E-state index < -0.39 is 37.1 Å². The summed E-state index contributed by atoms with van der Waals surface area (Å²) in [6, 6.07) is 3.92. The molecule has 1 amide bonds. The van der Waals surface area contributed by atoms with Crippen LogP contribution < -0.4 is 4.74 Å². The molecule has 1 aromatic rings. The molecule has 1 saturated carbocycles. The molecule has 1 aliphatic heterocycles. The number of carbonyl (C=O) groups is 1. The number of carbonyl (C=O) groups excluding carboxylic acids is 1. The van der Waals surface area contributed by atoms with Crippen molar-refractivity contribution < 1.29 is 26.4 Å². The maximum absolute atomic E-state index is 13.1. The van der Waals surface area contributed by atoms with Crippen molar-refractivity contribution in [3.05, 3.63) is 23.8 Å². The topological polar surface area (TPSA) is 101 Å². The van der Waals surface area contributed by atoms with Gasteiger partial charge in [0.2, 0.25) is 10.0 Å². The first-order valence-corrected chi connectivity index (χ1v) is 13.1. The Labute approximate surface area is 172 Å². The van der Waals surface area contributed by atoms with Crippen LogP contribution in [0.25, 0.3) is 0 Å². The summed E-state index contributed by atoms with van der Waals surface area (Å²) in [5.74, 6) is -0.211. The molecule has 1 saturated heterocycles. The zero-order chi connectivity index (χ0) is 21.4. The van der Waals surface area contributed by atoms with E-state index in [-0.39, 0.29) is 16.2 Å². The Morgan fingerprint density at radius 1 is 1.10 bits per heavy atom. The number of ether oxygens (including phenoxy) is 1. The highest BCUT2D eigenvalue weighted by Gasteiger charge is 2.39. The summed E-state index contributed by atoms with van der Waals surface area (Å²) < 4.78 is 56.9. The molecule has 2 fully saturated rings. The Hall–Kier alpha value is -1.65. The van der Waals surface area contributed by atoms with Crippen LogP contribution in [-0.2, 0) is 19.9 Å². The molecular formula is C19H28N2O6S2. The van der Waals surface area contributed by atoms with Crippen LogP contribution in [0.15, 0.2) is 23.1 Å². The highest BCUT2D eigenvalue weighted by molar-refractivity contribution is 7.91. The summed E-state index contributed by atoms with van der Waals surface area (Å²) in [5, 5.41) is -0.595. The van der Waals surface area contributed by atoms with Crippen molar-refractivity contribution in [2.45, 2.75) is 48.3 Å². The molecule has 0 unspecified atom stereocenters. The van der Waals surface area contributed by atoms with E-state index in [4.69, 9.17) is 4.74 Å². The molecule has 8 nitrogen and oxygen atoms in total. The number of hydrogen-bond donors (Lipinski definition) is 0. The molecule has 10 heteroatoms. The van der Waals surface area contributed by atoms with Gasteiger partial charge in [0.15, 0.2) is 9.84 Å². The minimum atomic E-state index is -3.77. The van der Waals surface area contributed by atoms with Crippen LogP contribution in [0.1, 0.15) is 42.5 Å². The summed E-state index contributed by atoms with van der Waals surface area (Å²) in [6.07, 6.45) is 4.67. The molecule has 0 aromatic heterocycles. The van der Waals surface area contributed by atoms with Crippen LogP contribution in [0.2, 0.25) is 0 Å². The van der Waals surface area contributed by atoms with Crippen molar-refractivity contribution >= 4 is 25.8 Å². The second-order valence-corrected chi connectivity index (χ2v) is 11.9. The molecule has 0 bridgehead atoms. The Morgan fingerprint density at radius 2 is 1.76 bits per heavy atom. The molecule has 1 aromatic carbocycles. The van der Waals surface area contributed by atoms with Gasteiger partial charge in [-0.1, -0.05) is 0 Å². The molecule has 1 aliphatic carbocycles. The Bertz CT molecular complexity index is 984. The van der Waals surface area contributed by atoms with E-state index >= 15 is 0 Å². The standard InChI is InChI=1S/C19H28N2O6S2/c1-20(15-7-6-8-17(15)28(3,23)24)19(22)14-9-10-16(27-2)18(13-14)29(25,26)21-11-4-5-12-21/h9-10,13,15,17H,4-8,11-12H2,1-3H3/t15-,17-/m1/s1. The van der Waals surface area contributed by atoms with Crippen LogP contribution >= 0.6 is 0 Å². The molecule has 1 heterocycles. The molecule has 3 rings (SSSR count). The lowest BCUT2D eigenvalue weighted by Crippen LogP contribution is -2.44. The number of amides is 1. The van der Waals surface area contributed by atoms with Crippen molar-refractivity contribution in [2.24, 2.45) is 0 Å². The fourth-order valence-electron chi connectivity index (χ4n) is 4.28. The maximum Gasteiger partial charge on any atom is 0.253 e. The van der Waals surface area contributed by atoms with E-state index in [1.165, 1.54) is 40.8 Å². The molecule has 2 atom stereocenters. The molecule has 0 radical (unpaired) electrons. The second-order valence-electron chi connectivity index (χ2n) is 7.76. The third-order valence-corrected chi connectivity index (χ3v) is 9.45. The Kier molecular flexibility index (Phi) is 6.26. The van der Waals surface area contributed by atoms with Crippen LogP contribution in [0.3, 0.4) is 0 Å². The van der Waals surface area contributed by atoms with E-state index in [2.05, 4.69) is 0 Å². The fraction of sp³-hybridized carbons (Fsp3) is 0.632. The van der Waals surface area contributed by atoms with Crippen molar-refractivity contribution in [3.63, 3.8) is 0 Å². The van der Waals surface area contributed by atoms with E-state index in [0.29, 0.717) is 25.9 Å². The molecule has 2 aliphatic rings. The zero-order valence-corrected chi connectivity index (χ0v) is 18.6. The maximum atomic E-state index is 13.1. The number of rotatable bonds is 6. The number of benzene rings is 1. The molecule has 29 heavy (non-hydrogen) atoms. The van der Waals surface area contributed by atoms with Gasteiger partial charge in [-0.3, -0.25) is 4.79 Å². The van der Waals surface area contributed by atoms with Gasteiger partial charge in [-0.25, -0.2) is 16.8 Å². The lowest BCUT2D eigenvalue weighted by atomic mass is 10.1. The Balaban J connectivity index is 1.94. The average molecular weight is 445 g/mol. The van der Waals surface area contributed by atoms with Crippen molar-refractivity contribution in [1.82, 2.24) is 9.21 Å². The van der Waals surface area contributed by atoms with E-state index in [1.54, 1.807) is 7.05 Å². The quantitative estimate of drug-likeness (QED) is 0.659. The molecule has 162 valence electrons. The fourth-order valence-corrected chi connectivity index (χ4v) is 7.46. The first-order valence-electron chi connectivity index (χ1n) is 9.71. The molecule has 0 N–H and O–H groups in total. The van der Waals surface area contributed by atoms with Gasteiger partial charge in [-0.2, -0.15) is 4.31 Å². The number of sulfonamides is 1. The first-order chi connectivity index (χ1) is 13.6. The summed E-state index contributed by atoms with van der Waals surface area (Å²) in [6.45, 7) is 0.892. The van der Waals surface area contributed by atoms with Crippen molar-refractivity contribution in [2.75, 3.05) is 33.5 Å². The summed E-state index contributed by atoms with van der Waals surface area (Å²) in [7, 11) is -4.09. The smallest absolute Gasteiger partial charge is 0.253 e. The normalized spacial score (nSPS) is 23.3. The number of sulfone groups is 1. The van der Waals surface area contributed by atoms with Crippen molar-refractivity contribution in [1.29, 1.82) is 0 Å². The van der Waals surface area contributed by atoms with Gasteiger partial charge in [0.1, 0.15) is 10.6 Å². The number of hydrogen-bond acceptors (Lipinski definition) is 6. The lowest BCUT2D eigenvalue weighted by molar-refractivity contribution is 0.0737. The number of methoxy groups -OCH3 is 1. The van der Waals surface area contributed by atoms with Gasteiger partial charge in [0.25, 0.3) is 5.91 Å². The van der Waals surface area contributed by atoms with Gasteiger partial charge in [-0.05, 0) is 50.3 Å². The minimum Gasteiger partial charge on any atom is -0.495 e. The van der Waals surface area contributed by atoms with Gasteiger partial charge in [0.05, 0.1) is 12.4 Å². The summed E-state index contributed by atoms with van der Waals surface area (Å²) in [4.78, 5) is 14.5. The van der Waals surface area contributed by atoms with E-state index in [1.807, 2.05) is 0 Å². The van der Waals surface area contributed by atoms with Gasteiger partial charge >= 0.3 is 0 Å². The van der Waals surface area contributed by atoms with Gasteiger partial charge in [0, 0.05) is 38.0 Å². The molecule has 0 spiro atoms. The average Bonchev–Trinajstić information content (AvgIpc) is 3.37. The minimum absolute atomic E-state index is 0.0350. The highest BCUT2D eigenvalue weighted by Crippen LogP contribution is 2.32. The van der Waals surface area contributed by atoms with Crippen LogP contribution in [0.5, 0.6) is 5.75 Å². The predicted molar refractivity (Wildman–Crippen MR) is 109 cm³/mol. The van der Waals surface area contributed by atoms with Crippen molar-refractivity contribution in [3.8, 4) is 5.75 Å². The van der Waals surface area contributed by atoms with Crippen LogP contribution in [0.4, 0.5) is 0 Å². The zero-order valence-electron chi connectivity index (χ0n) is 17.0. The molecular weight excluding hydrogens is 416 g/mol. The third kappa shape index (κ3) is 4.29. The SMILES string of the molecule is COc1ccc(C(=O)N(C)[C@@H]2CCC[C@H]2S(C)(=O)=O)cc1S(=O)(=O)N1CCCC1. The van der Waals surface area contributed by atoms with Crippen LogP contribution in [-0.4, -0.2) is 76.7 Å². The summed E-state index contributed by atoms with van der Waals surface area (Å²) >= 11 is 0. The second kappa shape index (κ2) is 8.23. The predicted octanol–water partition coefficient (Wildman–Crippen LogP) is 1.52. The third-order valence-electron chi connectivity index (χ3n) is 5.88. The largest absolute Gasteiger partial charge is 0.495 e. The number of nitrogens with zero attached hydrogens (tertiary/aromatic N) is 2. The van der Waals surface area contributed by atoms with Crippen LogP contribution in [0, 0.1) is 0 Å². The highest BCUT2D eigenvalue weighted by atomic mass is 32.2. The van der Waals surface area contributed by atoms with E-state index in [0.717, 1.165) is 19.3 Å². The first kappa shape index (κ1) is 22.0. The van der Waals surface area contributed by atoms with Gasteiger partial charge < -0.3 is 9.64 Å². The van der Waals surface area contributed by atoms with Gasteiger partial charge in [-0.15, -0.1) is 0 Å². The monoisotopic (exact) mass is 444 g/mol. The Morgan fingerprint density at radius 3 is 2.34 bits per heavy atom. The lowest BCUT2D eigenvalue weighted by Gasteiger charge is -2.29.